The third kappa shape index (κ3) is 2.20. The number of amides is 2. The minimum atomic E-state index is -0.856. The van der Waals surface area contributed by atoms with Crippen LogP contribution in [0.25, 0.3) is 0 Å². The van der Waals surface area contributed by atoms with Gasteiger partial charge in [-0.05, 0) is 42.7 Å². The monoisotopic (exact) mass is 388 g/mol. The van der Waals surface area contributed by atoms with Gasteiger partial charge in [0.25, 0.3) is 0 Å². The van der Waals surface area contributed by atoms with E-state index in [1.54, 1.807) is 0 Å². The molecule has 0 aliphatic carbocycles. The number of fused-ring (bicyclic) bond motifs is 2. The van der Waals surface area contributed by atoms with Crippen LogP contribution in [0.4, 0.5) is 0 Å². The Morgan fingerprint density at radius 1 is 0.966 bits per heavy atom. The minimum absolute atomic E-state index is 0.0224. The van der Waals surface area contributed by atoms with E-state index < -0.39 is 16.5 Å². The molecule has 0 radical (unpaired) electrons. The third-order valence-corrected chi connectivity index (χ3v) is 7.33. The molecule has 4 heterocycles. The van der Waals surface area contributed by atoms with Gasteiger partial charge in [0.2, 0.25) is 11.8 Å². The Labute approximate surface area is 172 Å². The van der Waals surface area contributed by atoms with Crippen LogP contribution in [0.5, 0.6) is 0 Å². The molecule has 4 aliphatic heterocycles. The number of carbonyl (C=O) groups excluding carboxylic acids is 2. The summed E-state index contributed by atoms with van der Waals surface area (Å²) in [6.45, 7) is 4.91. The Balaban J connectivity index is 1.85. The molecule has 29 heavy (non-hydrogen) atoms. The predicted molar refractivity (Wildman–Crippen MR) is 112 cm³/mol. The van der Waals surface area contributed by atoms with Crippen molar-refractivity contribution in [3.63, 3.8) is 0 Å². The Morgan fingerprint density at radius 3 is 2.10 bits per heavy atom. The van der Waals surface area contributed by atoms with Crippen molar-refractivity contribution in [2.45, 2.75) is 56.0 Å². The maximum Gasteiger partial charge on any atom is 0.249 e. The Hall–Kier alpha value is -2.62. The van der Waals surface area contributed by atoms with Crippen LogP contribution in [0, 0.1) is 5.92 Å². The molecule has 4 saturated heterocycles. The van der Waals surface area contributed by atoms with Crippen molar-refractivity contribution in [2.24, 2.45) is 5.92 Å². The summed E-state index contributed by atoms with van der Waals surface area (Å²) in [7, 11) is 0. The molecule has 2 amide bonds. The van der Waals surface area contributed by atoms with Crippen LogP contribution in [0.3, 0.4) is 0 Å². The van der Waals surface area contributed by atoms with Crippen molar-refractivity contribution in [1.82, 2.24) is 10.2 Å². The second kappa shape index (κ2) is 6.19. The van der Waals surface area contributed by atoms with Crippen LogP contribution in [0.15, 0.2) is 60.7 Å². The molecule has 4 aliphatic rings. The number of carbonyl (C=O) groups is 2. The van der Waals surface area contributed by atoms with Crippen LogP contribution in [0.1, 0.15) is 50.7 Å². The molecule has 4 fully saturated rings. The lowest BCUT2D eigenvalue weighted by atomic mass is 9.49. The first-order chi connectivity index (χ1) is 14.0. The first-order valence-electron chi connectivity index (χ1n) is 10.7. The van der Waals surface area contributed by atoms with Crippen LogP contribution < -0.4 is 5.32 Å². The molecule has 4 heteroatoms. The minimum Gasteiger partial charge on any atom is -0.340 e. The van der Waals surface area contributed by atoms with E-state index >= 15 is 0 Å². The highest BCUT2D eigenvalue weighted by Gasteiger charge is 2.75. The summed E-state index contributed by atoms with van der Waals surface area (Å²) in [6, 6.07) is 20.8. The lowest BCUT2D eigenvalue weighted by molar-refractivity contribution is -0.177. The summed E-state index contributed by atoms with van der Waals surface area (Å²) in [5, 5.41) is 3.24. The Kier molecular flexibility index (Phi) is 3.93. The van der Waals surface area contributed by atoms with E-state index in [-0.39, 0.29) is 11.8 Å². The predicted octanol–water partition coefficient (Wildman–Crippen LogP) is 3.65. The topological polar surface area (TPSA) is 49.4 Å². The molecule has 1 spiro atoms. The number of nitrogens with zero attached hydrogens (tertiary/aromatic N) is 1. The zero-order valence-corrected chi connectivity index (χ0v) is 17.2. The molecule has 150 valence electrons. The molecular formula is C25H28N2O2. The summed E-state index contributed by atoms with van der Waals surface area (Å²) in [6.07, 6.45) is 2.84. The number of piperidine rings is 2. The number of rotatable bonds is 4. The van der Waals surface area contributed by atoms with Crippen molar-refractivity contribution < 1.29 is 9.59 Å². The number of nitrogens with one attached hydrogen (secondary N) is 1. The normalized spacial score (nSPS) is 29.8. The van der Waals surface area contributed by atoms with E-state index in [2.05, 4.69) is 43.4 Å². The number of benzene rings is 2. The van der Waals surface area contributed by atoms with Gasteiger partial charge in [0.05, 0.1) is 5.41 Å². The fourth-order valence-electron chi connectivity index (χ4n) is 6.52. The van der Waals surface area contributed by atoms with Gasteiger partial charge in [0.1, 0.15) is 11.1 Å². The number of hydrogen-bond acceptors (Lipinski definition) is 2. The Morgan fingerprint density at radius 2 is 1.55 bits per heavy atom. The van der Waals surface area contributed by atoms with Crippen molar-refractivity contribution >= 4 is 11.8 Å². The van der Waals surface area contributed by atoms with Gasteiger partial charge in [-0.25, -0.2) is 0 Å². The summed E-state index contributed by atoms with van der Waals surface area (Å²) in [5.74, 6) is 0.441. The lowest BCUT2D eigenvalue weighted by Gasteiger charge is -2.65. The smallest absolute Gasteiger partial charge is 0.249 e. The molecule has 2 aromatic rings. The van der Waals surface area contributed by atoms with E-state index in [0.29, 0.717) is 31.7 Å². The third-order valence-electron chi connectivity index (χ3n) is 7.33. The molecule has 2 unspecified atom stereocenters. The fraction of sp³-hybridized carbons (Fsp3) is 0.440. The van der Waals surface area contributed by atoms with E-state index in [1.807, 2.05) is 41.3 Å². The van der Waals surface area contributed by atoms with Gasteiger partial charge in [0, 0.05) is 6.54 Å². The molecule has 2 aromatic carbocycles. The quantitative estimate of drug-likeness (QED) is 0.869. The van der Waals surface area contributed by atoms with Gasteiger partial charge in [0.15, 0.2) is 0 Å². The van der Waals surface area contributed by atoms with Gasteiger partial charge in [-0.15, -0.1) is 0 Å². The first-order valence-corrected chi connectivity index (χ1v) is 10.7. The maximum absolute atomic E-state index is 13.8. The highest BCUT2D eigenvalue weighted by atomic mass is 16.2. The second-order valence-electron chi connectivity index (χ2n) is 9.37. The summed E-state index contributed by atoms with van der Waals surface area (Å²) in [4.78, 5) is 29.5. The molecule has 2 bridgehead atoms. The largest absolute Gasteiger partial charge is 0.340 e. The average molecular weight is 389 g/mol. The highest BCUT2D eigenvalue weighted by molar-refractivity contribution is 6.07. The van der Waals surface area contributed by atoms with E-state index in [9.17, 15) is 9.59 Å². The average Bonchev–Trinajstić information content (AvgIpc) is 3.18. The van der Waals surface area contributed by atoms with Crippen LogP contribution in [-0.4, -0.2) is 34.3 Å². The summed E-state index contributed by atoms with van der Waals surface area (Å²) in [5.41, 5.74) is 0.0215. The van der Waals surface area contributed by atoms with Gasteiger partial charge < -0.3 is 10.2 Å². The second-order valence-corrected chi connectivity index (χ2v) is 9.37. The van der Waals surface area contributed by atoms with Gasteiger partial charge in [-0.1, -0.05) is 74.5 Å². The standard InChI is InChI=1S/C25H28N2O2/c1-18(2)16-23-17-24(19-10-5-3-6-11-19,20-12-7-4-8-13-20)25(21(28)26-23)14-9-15-27(25)22(23)29/h3-8,10-13,18H,9,14-17H2,1-2H3,(H,26,28). The lowest BCUT2D eigenvalue weighted by Crippen LogP contribution is -2.86. The van der Waals surface area contributed by atoms with Gasteiger partial charge in [-0.3, -0.25) is 9.59 Å². The van der Waals surface area contributed by atoms with Crippen molar-refractivity contribution in [1.29, 1.82) is 0 Å². The molecule has 4 nitrogen and oxygen atoms in total. The fourth-order valence-corrected chi connectivity index (χ4v) is 6.52. The number of piperazine rings is 1. The zero-order valence-electron chi connectivity index (χ0n) is 17.2. The molecule has 6 rings (SSSR count). The maximum atomic E-state index is 13.8. The van der Waals surface area contributed by atoms with Crippen LogP contribution in [-0.2, 0) is 15.0 Å². The van der Waals surface area contributed by atoms with Gasteiger partial charge in [-0.2, -0.15) is 0 Å². The molecule has 1 N–H and O–H groups in total. The SMILES string of the molecule is CC(C)CC12CC(c3ccccc3)(c3ccccc3)C3(CCCN3C1=O)C(=O)N2. The molecule has 0 aromatic heterocycles. The molecule has 2 atom stereocenters. The zero-order chi connectivity index (χ0) is 20.3. The number of hydrogen-bond donors (Lipinski definition) is 1. The molecular weight excluding hydrogens is 360 g/mol. The van der Waals surface area contributed by atoms with Crippen molar-refractivity contribution in [3.8, 4) is 0 Å². The van der Waals surface area contributed by atoms with Crippen LogP contribution in [0.2, 0.25) is 0 Å². The molecule has 0 saturated carbocycles. The first kappa shape index (κ1) is 18.4. The summed E-state index contributed by atoms with van der Waals surface area (Å²) < 4.78 is 0. The van der Waals surface area contributed by atoms with E-state index in [1.165, 1.54) is 0 Å². The van der Waals surface area contributed by atoms with Gasteiger partial charge >= 0.3 is 0 Å². The van der Waals surface area contributed by atoms with Crippen molar-refractivity contribution in [2.75, 3.05) is 6.54 Å². The highest BCUT2D eigenvalue weighted by Crippen LogP contribution is 2.61. The summed E-state index contributed by atoms with van der Waals surface area (Å²) >= 11 is 0. The van der Waals surface area contributed by atoms with E-state index in [0.717, 1.165) is 17.5 Å². The van der Waals surface area contributed by atoms with Crippen LogP contribution >= 0.6 is 0 Å². The van der Waals surface area contributed by atoms with Crippen molar-refractivity contribution in [3.05, 3.63) is 71.8 Å². The Bertz CT molecular complexity index is 916. The van der Waals surface area contributed by atoms with E-state index in [4.69, 9.17) is 0 Å².